The molecule has 1 fully saturated rings. The van der Waals surface area contributed by atoms with Crippen LogP contribution in [0.15, 0.2) is 77.7 Å². The predicted molar refractivity (Wildman–Crippen MR) is 132 cm³/mol. The Morgan fingerprint density at radius 1 is 0.829 bits per heavy atom. The fourth-order valence-corrected chi connectivity index (χ4v) is 8.13. The lowest BCUT2D eigenvalue weighted by Gasteiger charge is -2.41. The van der Waals surface area contributed by atoms with Crippen molar-refractivity contribution in [2.45, 2.75) is 48.4 Å². The predicted octanol–water partition coefficient (Wildman–Crippen LogP) is 7.67. The average Bonchev–Trinajstić information content (AvgIpc) is 3.68. The van der Waals surface area contributed by atoms with Crippen molar-refractivity contribution in [1.29, 1.82) is 0 Å². The van der Waals surface area contributed by atoms with E-state index in [0.29, 0.717) is 12.3 Å². The van der Waals surface area contributed by atoms with E-state index in [1.165, 1.54) is 12.1 Å². The molecular weight excluding hydrogens is 469 g/mol. The number of fused-ring (bicyclic) bond motifs is 5. The number of hydrogen-bond acceptors (Lipinski definition) is 2. The zero-order valence-corrected chi connectivity index (χ0v) is 20.1. The minimum absolute atomic E-state index is 0.200. The lowest BCUT2D eigenvalue weighted by atomic mass is 9.73. The highest BCUT2D eigenvalue weighted by Gasteiger charge is 2.51. The first-order valence-electron chi connectivity index (χ1n) is 12.0. The zero-order chi connectivity index (χ0) is 24.6. The second-order valence-electron chi connectivity index (χ2n) is 10.2. The molecule has 0 radical (unpaired) electrons. The normalized spacial score (nSPS) is 22.9. The van der Waals surface area contributed by atoms with Crippen LogP contribution in [0.5, 0.6) is 0 Å². The Balaban J connectivity index is 1.63. The molecule has 2 nitrogen and oxygen atoms in total. The van der Waals surface area contributed by atoms with E-state index in [1.807, 2.05) is 42.5 Å². The summed E-state index contributed by atoms with van der Waals surface area (Å²) in [4.78, 5) is -0.269. The van der Waals surface area contributed by atoms with Crippen LogP contribution in [0, 0.1) is 11.8 Å². The summed E-state index contributed by atoms with van der Waals surface area (Å²) in [6.45, 7) is 1.73. The first-order chi connectivity index (χ1) is 16.6. The van der Waals surface area contributed by atoms with Gasteiger partial charge in [-0.05, 0) is 95.3 Å². The summed E-state index contributed by atoms with van der Waals surface area (Å²) < 4.78 is 67.6. The number of rotatable bonds is 3. The quantitative estimate of drug-likeness (QED) is 0.274. The third-order valence-electron chi connectivity index (χ3n) is 8.03. The lowest BCUT2D eigenvalue weighted by molar-refractivity contribution is -0.137. The fraction of sp³-hybridized carbons (Fsp3) is 0.310. The molecule has 2 unspecified atom stereocenters. The average molecular weight is 495 g/mol. The van der Waals surface area contributed by atoms with Crippen molar-refractivity contribution in [1.82, 2.24) is 0 Å². The Morgan fingerprint density at radius 2 is 1.57 bits per heavy atom. The van der Waals surface area contributed by atoms with E-state index in [0.717, 1.165) is 64.1 Å². The monoisotopic (exact) mass is 494 g/mol. The van der Waals surface area contributed by atoms with Gasteiger partial charge in [-0.15, -0.1) is 0 Å². The van der Waals surface area contributed by atoms with Crippen molar-refractivity contribution in [2.75, 3.05) is 0 Å². The van der Waals surface area contributed by atoms with Gasteiger partial charge in [-0.1, -0.05) is 54.6 Å². The summed E-state index contributed by atoms with van der Waals surface area (Å²) in [7, 11) is -4.14. The van der Waals surface area contributed by atoms with Crippen LogP contribution in [-0.2, 0) is 27.2 Å². The van der Waals surface area contributed by atoms with Crippen LogP contribution in [0.4, 0.5) is 13.2 Å². The summed E-state index contributed by atoms with van der Waals surface area (Å²) in [6, 6.07) is 20.3. The molecule has 0 bridgehead atoms. The summed E-state index contributed by atoms with van der Waals surface area (Å²) in [5.41, 5.74) is 0.796. The van der Waals surface area contributed by atoms with Gasteiger partial charge >= 0.3 is 6.18 Å². The molecule has 2 atom stereocenters. The van der Waals surface area contributed by atoms with Crippen molar-refractivity contribution in [3.05, 3.63) is 89.5 Å². The summed E-state index contributed by atoms with van der Waals surface area (Å²) in [6.07, 6.45) is -1.24. The molecule has 0 N–H and O–H groups in total. The molecule has 0 saturated heterocycles. The molecule has 1 saturated carbocycles. The summed E-state index contributed by atoms with van der Waals surface area (Å²) in [5, 5.41) is 3.94. The molecule has 0 heterocycles. The van der Waals surface area contributed by atoms with Crippen LogP contribution in [0.3, 0.4) is 0 Å². The third kappa shape index (κ3) is 3.48. The number of benzene rings is 4. The van der Waals surface area contributed by atoms with E-state index in [-0.39, 0.29) is 10.8 Å². The first-order valence-corrected chi connectivity index (χ1v) is 13.4. The van der Waals surface area contributed by atoms with Gasteiger partial charge < -0.3 is 0 Å². The van der Waals surface area contributed by atoms with Crippen molar-refractivity contribution in [3.8, 4) is 0 Å². The molecule has 2 aliphatic rings. The second-order valence-corrected chi connectivity index (χ2v) is 12.6. The molecule has 6 rings (SSSR count). The van der Waals surface area contributed by atoms with Crippen molar-refractivity contribution in [2.24, 2.45) is 11.8 Å². The minimum Gasteiger partial charge on any atom is -0.223 e. The molecule has 180 valence electrons. The molecule has 0 spiro atoms. The minimum atomic E-state index is -4.61. The highest BCUT2D eigenvalue weighted by Crippen LogP contribution is 2.54. The highest BCUT2D eigenvalue weighted by molar-refractivity contribution is 7.92. The molecule has 2 aliphatic carbocycles. The van der Waals surface area contributed by atoms with Gasteiger partial charge in [0, 0.05) is 0 Å². The largest absolute Gasteiger partial charge is 0.416 e. The van der Waals surface area contributed by atoms with Crippen molar-refractivity contribution in [3.63, 3.8) is 0 Å². The number of hydrogen-bond donors (Lipinski definition) is 0. The van der Waals surface area contributed by atoms with E-state index < -0.39 is 26.3 Å². The van der Waals surface area contributed by atoms with E-state index in [1.54, 1.807) is 6.92 Å². The number of halogens is 3. The molecule has 4 aromatic rings. The van der Waals surface area contributed by atoms with Crippen LogP contribution in [0.25, 0.3) is 21.5 Å². The van der Waals surface area contributed by atoms with Crippen LogP contribution in [0.2, 0.25) is 0 Å². The first kappa shape index (κ1) is 22.6. The number of alkyl halides is 3. The van der Waals surface area contributed by atoms with Gasteiger partial charge in [0.15, 0.2) is 9.84 Å². The van der Waals surface area contributed by atoms with Crippen LogP contribution < -0.4 is 0 Å². The fourth-order valence-electron chi connectivity index (χ4n) is 6.13. The molecular formula is C29H25F3O2S. The molecule has 35 heavy (non-hydrogen) atoms. The van der Waals surface area contributed by atoms with Crippen molar-refractivity contribution < 1.29 is 21.6 Å². The Kier molecular flexibility index (Phi) is 4.89. The van der Waals surface area contributed by atoms with E-state index >= 15 is 0 Å². The summed E-state index contributed by atoms with van der Waals surface area (Å²) >= 11 is 0. The van der Waals surface area contributed by atoms with E-state index in [4.69, 9.17) is 0 Å². The third-order valence-corrected chi connectivity index (χ3v) is 10.5. The maximum absolute atomic E-state index is 14.3. The van der Waals surface area contributed by atoms with Crippen LogP contribution in [0.1, 0.15) is 42.9 Å². The van der Waals surface area contributed by atoms with Crippen molar-refractivity contribution >= 4 is 31.4 Å². The molecule has 0 amide bonds. The van der Waals surface area contributed by atoms with Crippen LogP contribution >= 0.6 is 0 Å². The summed E-state index contributed by atoms with van der Waals surface area (Å²) in [5.74, 6) is 0.678. The Labute approximate surface area is 202 Å². The zero-order valence-electron chi connectivity index (χ0n) is 19.3. The van der Waals surface area contributed by atoms with Gasteiger partial charge in [0.25, 0.3) is 0 Å². The van der Waals surface area contributed by atoms with Gasteiger partial charge in [0.05, 0.1) is 15.2 Å². The van der Waals surface area contributed by atoms with Gasteiger partial charge in [-0.2, -0.15) is 13.2 Å². The van der Waals surface area contributed by atoms with E-state index in [9.17, 15) is 21.6 Å². The standard InChI is InChI=1S/C29H25F3O2S/c1-28(35(33,34)23-7-4-6-22(16-23)29(30,31)32)17-21(18-9-10-18)15-20-12-13-25-24-8-3-2-5-19(24)11-14-26(25)27(20)28/h2-8,11-14,16,18,21H,9-10,15,17H2,1H3. The maximum atomic E-state index is 14.3. The Morgan fingerprint density at radius 3 is 2.31 bits per heavy atom. The Bertz CT molecular complexity index is 1590. The molecule has 6 heteroatoms. The highest BCUT2D eigenvalue weighted by atomic mass is 32.2. The molecule has 0 aliphatic heterocycles. The number of sulfone groups is 1. The molecule has 4 aromatic carbocycles. The Hall–Kier alpha value is -2.86. The topological polar surface area (TPSA) is 34.1 Å². The van der Waals surface area contributed by atoms with E-state index in [2.05, 4.69) is 6.07 Å². The second kappa shape index (κ2) is 7.57. The van der Waals surface area contributed by atoms with Crippen LogP contribution in [-0.4, -0.2) is 8.42 Å². The SMILES string of the molecule is CC1(S(=O)(=O)c2cccc(C(F)(F)F)c2)CC(C2CC2)Cc2ccc3c(ccc4ccccc43)c21. The lowest BCUT2D eigenvalue weighted by Crippen LogP contribution is -2.40. The molecule has 0 aromatic heterocycles. The maximum Gasteiger partial charge on any atom is 0.416 e. The smallest absolute Gasteiger partial charge is 0.223 e. The van der Waals surface area contributed by atoms with Gasteiger partial charge in [-0.3, -0.25) is 0 Å². The van der Waals surface area contributed by atoms with Gasteiger partial charge in [-0.25, -0.2) is 8.42 Å². The van der Waals surface area contributed by atoms with Gasteiger partial charge in [0.2, 0.25) is 0 Å². The van der Waals surface area contributed by atoms with Gasteiger partial charge in [0.1, 0.15) is 0 Å².